The molecule has 1 aliphatic heterocycles. The van der Waals surface area contributed by atoms with E-state index in [1.54, 1.807) is 25.3 Å². The molecule has 9 heteroatoms. The van der Waals surface area contributed by atoms with E-state index in [0.717, 1.165) is 0 Å². The molecule has 3 heterocycles. The summed E-state index contributed by atoms with van der Waals surface area (Å²) in [6.07, 6.45) is 7.82. The van der Waals surface area contributed by atoms with Gasteiger partial charge in [-0.25, -0.2) is 18.4 Å². The molecule has 1 unspecified atom stereocenters. The number of aryl methyl sites for hydroxylation is 1. The summed E-state index contributed by atoms with van der Waals surface area (Å²) in [5.41, 5.74) is 0.999. The molecule has 5 rings (SSSR count). The maximum atomic E-state index is 13.2. The molecule has 0 spiro atoms. The number of hydrogen-bond acceptors (Lipinski definition) is 6. The summed E-state index contributed by atoms with van der Waals surface area (Å²) in [5, 5.41) is 0. The monoisotopic (exact) mass is 441 g/mol. The van der Waals surface area contributed by atoms with Crippen LogP contribution in [-0.4, -0.2) is 64.7 Å². The second kappa shape index (κ2) is 7.94. The van der Waals surface area contributed by atoms with Crippen LogP contribution in [0.3, 0.4) is 0 Å². The minimum absolute atomic E-state index is 0.111. The molecule has 3 atom stereocenters. The number of fused-ring (bicyclic) bond motifs is 1. The number of amides is 1. The number of aromatic nitrogens is 3. The van der Waals surface area contributed by atoms with Crippen molar-refractivity contribution < 1.29 is 13.2 Å². The van der Waals surface area contributed by atoms with E-state index < -0.39 is 10.0 Å². The summed E-state index contributed by atoms with van der Waals surface area (Å²) < 4.78 is 27.9. The number of nitrogens with zero attached hydrogens (tertiary/aromatic N) is 5. The van der Waals surface area contributed by atoms with Crippen molar-refractivity contribution in [3.05, 3.63) is 36.3 Å². The zero-order valence-corrected chi connectivity index (χ0v) is 18.5. The zero-order valence-electron chi connectivity index (χ0n) is 17.6. The van der Waals surface area contributed by atoms with Crippen LogP contribution in [0.2, 0.25) is 0 Å². The van der Waals surface area contributed by atoms with E-state index in [2.05, 4.69) is 15.0 Å². The maximum absolute atomic E-state index is 13.2. The van der Waals surface area contributed by atoms with Crippen molar-refractivity contribution in [1.82, 2.24) is 24.2 Å². The number of piperazine rings is 1. The van der Waals surface area contributed by atoms with Gasteiger partial charge in [-0.3, -0.25) is 9.78 Å². The van der Waals surface area contributed by atoms with Crippen LogP contribution in [0.15, 0.2) is 35.5 Å². The van der Waals surface area contributed by atoms with E-state index in [0.29, 0.717) is 55.2 Å². The molecular weight excluding hydrogens is 414 g/mol. The van der Waals surface area contributed by atoms with Gasteiger partial charge in [0.1, 0.15) is 10.6 Å². The summed E-state index contributed by atoms with van der Waals surface area (Å²) in [7, 11) is -3.72. The molecule has 0 aromatic carbocycles. The lowest BCUT2D eigenvalue weighted by molar-refractivity contribution is -0.134. The third-order valence-electron chi connectivity index (χ3n) is 6.94. The highest BCUT2D eigenvalue weighted by atomic mass is 32.2. The van der Waals surface area contributed by atoms with Crippen LogP contribution in [0, 0.1) is 24.7 Å². The highest BCUT2D eigenvalue weighted by molar-refractivity contribution is 7.89. The van der Waals surface area contributed by atoms with Crippen molar-refractivity contribution in [2.45, 2.75) is 37.5 Å². The van der Waals surface area contributed by atoms with Crippen LogP contribution in [0.4, 0.5) is 0 Å². The van der Waals surface area contributed by atoms with Crippen molar-refractivity contribution in [2.75, 3.05) is 26.2 Å². The van der Waals surface area contributed by atoms with E-state index in [-0.39, 0.29) is 16.7 Å². The average molecular weight is 442 g/mol. The summed E-state index contributed by atoms with van der Waals surface area (Å²) in [4.78, 5) is 27.7. The Balaban J connectivity index is 1.26. The summed E-state index contributed by atoms with van der Waals surface area (Å²) in [5.74, 6) is 1.95. The van der Waals surface area contributed by atoms with E-state index in [1.807, 2.05) is 11.0 Å². The van der Waals surface area contributed by atoms with Crippen molar-refractivity contribution >= 4 is 15.9 Å². The molecule has 2 aromatic rings. The van der Waals surface area contributed by atoms with Gasteiger partial charge in [0.25, 0.3) is 0 Å². The van der Waals surface area contributed by atoms with Gasteiger partial charge >= 0.3 is 0 Å². The first kappa shape index (κ1) is 20.5. The first-order chi connectivity index (χ1) is 15.0. The molecule has 3 aliphatic rings. The van der Waals surface area contributed by atoms with Gasteiger partial charge in [0.15, 0.2) is 5.82 Å². The van der Waals surface area contributed by atoms with E-state index in [1.165, 1.54) is 36.2 Å². The lowest BCUT2D eigenvalue weighted by Gasteiger charge is -2.34. The minimum Gasteiger partial charge on any atom is -0.340 e. The summed E-state index contributed by atoms with van der Waals surface area (Å²) >= 11 is 0. The highest BCUT2D eigenvalue weighted by Gasteiger charge is 2.56. The third kappa shape index (κ3) is 3.74. The third-order valence-corrected chi connectivity index (χ3v) is 8.94. The van der Waals surface area contributed by atoms with Crippen LogP contribution in [-0.2, 0) is 14.8 Å². The molecule has 2 aliphatic carbocycles. The Labute approximate surface area is 182 Å². The molecule has 0 bridgehead atoms. The number of carbonyl (C=O) groups excluding carboxylic acids is 1. The van der Waals surface area contributed by atoms with Gasteiger partial charge in [0.05, 0.1) is 11.9 Å². The van der Waals surface area contributed by atoms with Gasteiger partial charge in [-0.1, -0.05) is 18.9 Å². The standard InChI is InChI=1S/C22H27N5O3S/c1-15-19(14-24-21(25-15)18-8-4-5-9-23-18)31(29,30)27-12-10-26(11-13-27)22(28)20-16-6-2-3-7-17(16)20/h4-5,8-9,14,16-17,20H,2-3,6-7,10-13H2,1H3/t16-,17+,20?. The Morgan fingerprint density at radius 3 is 2.35 bits per heavy atom. The first-order valence-electron chi connectivity index (χ1n) is 11.0. The van der Waals surface area contributed by atoms with Crippen molar-refractivity contribution in [2.24, 2.45) is 17.8 Å². The van der Waals surface area contributed by atoms with E-state index in [4.69, 9.17) is 0 Å². The fourth-order valence-corrected chi connectivity index (χ4v) is 6.71. The number of pyridine rings is 1. The molecule has 1 amide bonds. The smallest absolute Gasteiger partial charge is 0.246 e. The lowest BCUT2D eigenvalue weighted by atomic mass is 10.0. The quantitative estimate of drug-likeness (QED) is 0.721. The topological polar surface area (TPSA) is 96.4 Å². The molecule has 0 N–H and O–H groups in total. The Morgan fingerprint density at radius 2 is 1.74 bits per heavy atom. The van der Waals surface area contributed by atoms with Gasteiger partial charge < -0.3 is 4.90 Å². The number of carbonyl (C=O) groups is 1. The predicted octanol–water partition coefficient (Wildman–Crippen LogP) is 2.12. The normalized spacial score (nSPS) is 26.4. The first-order valence-corrected chi connectivity index (χ1v) is 12.4. The number of sulfonamides is 1. The van der Waals surface area contributed by atoms with Crippen LogP contribution < -0.4 is 0 Å². The highest BCUT2D eigenvalue weighted by Crippen LogP contribution is 2.56. The van der Waals surface area contributed by atoms with Crippen LogP contribution in [0.25, 0.3) is 11.5 Å². The van der Waals surface area contributed by atoms with Crippen LogP contribution in [0.1, 0.15) is 31.4 Å². The maximum Gasteiger partial charge on any atom is 0.246 e. The van der Waals surface area contributed by atoms with Gasteiger partial charge in [-0.15, -0.1) is 0 Å². The molecule has 2 saturated carbocycles. The Morgan fingerprint density at radius 1 is 1.03 bits per heavy atom. The van der Waals surface area contributed by atoms with Crippen molar-refractivity contribution in [3.63, 3.8) is 0 Å². The summed E-state index contributed by atoms with van der Waals surface area (Å²) in [6.45, 7) is 3.17. The largest absolute Gasteiger partial charge is 0.340 e. The molecule has 164 valence electrons. The second-order valence-corrected chi connectivity index (χ2v) is 10.6. The SMILES string of the molecule is Cc1nc(-c2ccccn2)ncc1S(=O)(=O)N1CCN(C(=O)C2[C@H]3CCCC[C@@H]23)CC1. The second-order valence-electron chi connectivity index (χ2n) is 8.73. The van der Waals surface area contributed by atoms with Gasteiger partial charge in [0, 0.05) is 38.3 Å². The zero-order chi connectivity index (χ0) is 21.6. The summed E-state index contributed by atoms with van der Waals surface area (Å²) in [6, 6.07) is 5.43. The fourth-order valence-electron chi connectivity index (χ4n) is 5.19. The molecule has 1 saturated heterocycles. The van der Waals surface area contributed by atoms with Crippen LogP contribution in [0.5, 0.6) is 0 Å². The molecule has 8 nitrogen and oxygen atoms in total. The van der Waals surface area contributed by atoms with E-state index in [9.17, 15) is 13.2 Å². The van der Waals surface area contributed by atoms with Gasteiger partial charge in [-0.05, 0) is 43.7 Å². The van der Waals surface area contributed by atoms with Crippen molar-refractivity contribution in [1.29, 1.82) is 0 Å². The number of rotatable bonds is 4. The fraction of sp³-hybridized carbons (Fsp3) is 0.545. The Bertz CT molecular complexity index is 1070. The molecular formula is C22H27N5O3S. The minimum atomic E-state index is -3.72. The van der Waals surface area contributed by atoms with Gasteiger partial charge in [-0.2, -0.15) is 4.31 Å². The molecule has 2 aromatic heterocycles. The average Bonchev–Trinajstić information content (AvgIpc) is 3.53. The van der Waals surface area contributed by atoms with E-state index >= 15 is 0 Å². The number of hydrogen-bond donors (Lipinski definition) is 0. The van der Waals surface area contributed by atoms with Gasteiger partial charge in [0.2, 0.25) is 15.9 Å². The predicted molar refractivity (Wildman–Crippen MR) is 114 cm³/mol. The van der Waals surface area contributed by atoms with Crippen molar-refractivity contribution in [3.8, 4) is 11.5 Å². The lowest BCUT2D eigenvalue weighted by Crippen LogP contribution is -2.51. The molecule has 31 heavy (non-hydrogen) atoms. The molecule has 3 fully saturated rings. The Hall–Kier alpha value is -2.39. The Kier molecular flexibility index (Phi) is 5.26. The molecule has 0 radical (unpaired) electrons. The van der Waals surface area contributed by atoms with Crippen LogP contribution >= 0.6 is 0 Å².